The molecule has 1 aliphatic rings. The van der Waals surface area contributed by atoms with Gasteiger partial charge in [0.25, 0.3) is 0 Å². The molecule has 1 atom stereocenters. The van der Waals surface area contributed by atoms with Crippen molar-refractivity contribution in [2.24, 2.45) is 0 Å². The van der Waals surface area contributed by atoms with Crippen LogP contribution >= 0.6 is 15.9 Å². The highest BCUT2D eigenvalue weighted by molar-refractivity contribution is 9.10. The van der Waals surface area contributed by atoms with Crippen LogP contribution < -0.4 is 4.74 Å². The molecule has 1 heterocycles. The van der Waals surface area contributed by atoms with Gasteiger partial charge in [-0.25, -0.2) is 0 Å². The van der Waals surface area contributed by atoms with Crippen LogP contribution in [0.2, 0.25) is 0 Å². The van der Waals surface area contributed by atoms with Gasteiger partial charge in [-0.2, -0.15) is 0 Å². The number of nitrogens with zero attached hydrogens (tertiary/aromatic N) is 2. The van der Waals surface area contributed by atoms with Crippen LogP contribution in [0.15, 0.2) is 53.0 Å². The quantitative estimate of drug-likeness (QED) is 0.821. The Morgan fingerprint density at radius 3 is 2.54 bits per heavy atom. The van der Waals surface area contributed by atoms with Crippen LogP contribution in [0.25, 0.3) is 0 Å². The van der Waals surface area contributed by atoms with Crippen molar-refractivity contribution in [3.8, 4) is 5.75 Å². The number of halogens is 1. The maximum absolute atomic E-state index is 12.5. The van der Waals surface area contributed by atoms with Gasteiger partial charge in [-0.1, -0.05) is 40.2 Å². The van der Waals surface area contributed by atoms with Crippen LogP contribution in [0.1, 0.15) is 24.5 Å². The minimum absolute atomic E-state index is 0.0524. The lowest BCUT2D eigenvalue weighted by Crippen LogP contribution is -2.59. The van der Waals surface area contributed by atoms with E-state index in [4.69, 9.17) is 10.1 Å². The molecular weight excluding hydrogens is 394 g/mol. The summed E-state index contributed by atoms with van der Waals surface area (Å²) in [6.45, 7) is 2.56. The van der Waals surface area contributed by atoms with Gasteiger partial charge in [-0.05, 0) is 42.3 Å². The van der Waals surface area contributed by atoms with E-state index in [0.29, 0.717) is 13.0 Å². The van der Waals surface area contributed by atoms with Crippen molar-refractivity contribution in [2.45, 2.75) is 25.4 Å². The third-order valence-corrected chi connectivity index (χ3v) is 5.48. The first-order valence-corrected chi connectivity index (χ1v) is 9.16. The number of ether oxygens (including phenoxy) is 1. The van der Waals surface area contributed by atoms with E-state index in [2.05, 4.69) is 15.9 Å². The molecule has 1 saturated heterocycles. The van der Waals surface area contributed by atoms with Gasteiger partial charge in [0.2, 0.25) is 11.9 Å². The van der Waals surface area contributed by atoms with Gasteiger partial charge in [0.05, 0.1) is 19.1 Å². The van der Waals surface area contributed by atoms with Crippen molar-refractivity contribution in [1.82, 2.24) is 9.80 Å². The molecule has 1 N–H and O–H groups in total. The van der Waals surface area contributed by atoms with Crippen LogP contribution in [-0.2, 0) is 16.9 Å². The van der Waals surface area contributed by atoms with E-state index in [1.807, 2.05) is 60.4 Å². The minimum Gasteiger partial charge on any atom is -0.497 e. The van der Waals surface area contributed by atoms with Gasteiger partial charge in [-0.3, -0.25) is 15.1 Å². The molecule has 6 heteroatoms. The second kappa shape index (κ2) is 7.11. The first-order valence-electron chi connectivity index (χ1n) is 8.37. The Hall–Kier alpha value is -2.34. The van der Waals surface area contributed by atoms with Crippen molar-refractivity contribution in [3.63, 3.8) is 0 Å². The molecule has 0 bridgehead atoms. The van der Waals surface area contributed by atoms with Gasteiger partial charge in [-0.15, -0.1) is 0 Å². The molecule has 0 saturated carbocycles. The highest BCUT2D eigenvalue weighted by Gasteiger charge is 2.44. The summed E-state index contributed by atoms with van der Waals surface area (Å²) in [7, 11) is 3.30. The fourth-order valence-electron chi connectivity index (χ4n) is 3.29. The maximum atomic E-state index is 12.5. The number of carbonyl (C=O) groups excluding carboxylic acids is 1. The molecule has 0 spiro atoms. The molecule has 136 valence electrons. The third-order valence-electron chi connectivity index (χ3n) is 4.98. The number of hydrogen-bond donors (Lipinski definition) is 1. The molecule has 5 nitrogen and oxygen atoms in total. The first-order chi connectivity index (χ1) is 12.3. The number of rotatable bonds is 4. The Bertz CT molecular complexity index is 837. The number of methoxy groups -OCH3 is 1. The number of nitrogens with one attached hydrogen (secondary N) is 1. The summed E-state index contributed by atoms with van der Waals surface area (Å²) in [5, 5.41) is 8.56. The first kappa shape index (κ1) is 18.5. The summed E-state index contributed by atoms with van der Waals surface area (Å²) in [5.41, 5.74) is 1.47. The standard InChI is InChI=1S/C20H22BrN3O2/c1-20(15-5-4-6-16(21)11-15)12-18(25)23(2)19(22)24(20)13-14-7-9-17(26-3)10-8-14/h4-11,22H,12-13H2,1-3H3. The van der Waals surface area contributed by atoms with Gasteiger partial charge >= 0.3 is 0 Å². The smallest absolute Gasteiger partial charge is 0.231 e. The Kier molecular flexibility index (Phi) is 5.05. The summed E-state index contributed by atoms with van der Waals surface area (Å²) in [6.07, 6.45) is 0.318. The zero-order chi connectivity index (χ0) is 18.9. The molecule has 3 rings (SSSR count). The van der Waals surface area contributed by atoms with Crippen LogP contribution in [0.3, 0.4) is 0 Å². The predicted molar refractivity (Wildman–Crippen MR) is 105 cm³/mol. The van der Waals surface area contributed by atoms with Crippen LogP contribution in [0.5, 0.6) is 5.75 Å². The van der Waals surface area contributed by atoms with Crippen molar-refractivity contribution in [2.75, 3.05) is 14.2 Å². The van der Waals surface area contributed by atoms with Crippen LogP contribution in [0.4, 0.5) is 0 Å². The molecule has 0 aliphatic carbocycles. The minimum atomic E-state index is -0.593. The average Bonchev–Trinajstić information content (AvgIpc) is 2.64. The number of amides is 1. The molecule has 1 amide bonds. The Labute approximate surface area is 162 Å². The summed E-state index contributed by atoms with van der Waals surface area (Å²) in [6, 6.07) is 15.8. The highest BCUT2D eigenvalue weighted by atomic mass is 79.9. The van der Waals surface area contributed by atoms with Gasteiger partial charge in [0, 0.05) is 18.1 Å². The normalized spacial score (nSPS) is 20.5. The number of guanidine groups is 1. The maximum Gasteiger partial charge on any atom is 0.231 e. The Balaban J connectivity index is 2.01. The Morgan fingerprint density at radius 1 is 1.23 bits per heavy atom. The highest BCUT2D eigenvalue weighted by Crippen LogP contribution is 2.38. The summed E-state index contributed by atoms with van der Waals surface area (Å²) < 4.78 is 6.18. The van der Waals surface area contributed by atoms with Gasteiger partial charge < -0.3 is 9.64 Å². The molecular formula is C20H22BrN3O2. The van der Waals surface area contributed by atoms with Crippen molar-refractivity contribution in [1.29, 1.82) is 5.41 Å². The molecule has 1 unspecified atom stereocenters. The predicted octanol–water partition coefficient (Wildman–Crippen LogP) is 3.97. The zero-order valence-corrected chi connectivity index (χ0v) is 16.7. The SMILES string of the molecule is COc1ccc(CN2C(=N)N(C)C(=O)CC2(C)c2cccc(Br)c2)cc1. The molecule has 1 aliphatic heterocycles. The number of carbonyl (C=O) groups is 1. The fraction of sp³-hybridized carbons (Fsp3) is 0.300. The van der Waals surface area contributed by atoms with E-state index in [1.165, 1.54) is 4.90 Å². The van der Waals surface area contributed by atoms with E-state index in [0.717, 1.165) is 21.3 Å². The Morgan fingerprint density at radius 2 is 1.92 bits per heavy atom. The van der Waals surface area contributed by atoms with E-state index >= 15 is 0 Å². The second-order valence-corrected chi connectivity index (χ2v) is 7.59. The van der Waals surface area contributed by atoms with Crippen molar-refractivity contribution < 1.29 is 9.53 Å². The summed E-state index contributed by atoms with van der Waals surface area (Å²) in [4.78, 5) is 15.9. The van der Waals surface area contributed by atoms with Crippen molar-refractivity contribution in [3.05, 3.63) is 64.1 Å². The lowest BCUT2D eigenvalue weighted by Gasteiger charge is -2.49. The molecule has 2 aromatic carbocycles. The molecule has 0 radical (unpaired) electrons. The topological polar surface area (TPSA) is 56.6 Å². The molecule has 2 aromatic rings. The summed E-state index contributed by atoms with van der Waals surface area (Å²) >= 11 is 3.52. The second-order valence-electron chi connectivity index (χ2n) is 6.67. The zero-order valence-electron chi connectivity index (χ0n) is 15.1. The molecule has 1 fully saturated rings. The van der Waals surface area contributed by atoms with Crippen molar-refractivity contribution >= 4 is 27.8 Å². The van der Waals surface area contributed by atoms with Gasteiger partial charge in [0.1, 0.15) is 5.75 Å². The number of hydrogen-bond acceptors (Lipinski definition) is 3. The van der Waals surface area contributed by atoms with E-state index in [1.54, 1.807) is 14.2 Å². The molecule has 26 heavy (non-hydrogen) atoms. The van der Waals surface area contributed by atoms with Crippen LogP contribution in [-0.4, -0.2) is 35.8 Å². The number of benzene rings is 2. The average molecular weight is 416 g/mol. The van der Waals surface area contributed by atoms with E-state index in [9.17, 15) is 4.79 Å². The third kappa shape index (κ3) is 3.33. The fourth-order valence-corrected chi connectivity index (χ4v) is 3.68. The van der Waals surface area contributed by atoms with Gasteiger partial charge in [0.15, 0.2) is 0 Å². The van der Waals surface area contributed by atoms with E-state index < -0.39 is 5.54 Å². The largest absolute Gasteiger partial charge is 0.497 e. The van der Waals surface area contributed by atoms with Crippen LogP contribution in [0, 0.1) is 5.41 Å². The molecule has 0 aromatic heterocycles. The monoisotopic (exact) mass is 415 g/mol. The van der Waals surface area contributed by atoms with E-state index in [-0.39, 0.29) is 11.9 Å². The summed E-state index contributed by atoms with van der Waals surface area (Å²) in [5.74, 6) is 0.951. The lowest BCUT2D eigenvalue weighted by molar-refractivity contribution is -0.132. The lowest BCUT2D eigenvalue weighted by atomic mass is 9.84.